The Kier molecular flexibility index (Phi) is 9.83. The van der Waals surface area contributed by atoms with Gasteiger partial charge in [-0.15, -0.1) is 0 Å². The van der Waals surface area contributed by atoms with Gasteiger partial charge in [0.15, 0.2) is 0 Å². The fraction of sp³-hybridized carbons (Fsp3) is 0.778. The van der Waals surface area contributed by atoms with Crippen LogP contribution in [0.4, 0.5) is 0 Å². The topological polar surface area (TPSA) is 104 Å². The van der Waals surface area contributed by atoms with Crippen LogP contribution in [0, 0.1) is 11.8 Å². The van der Waals surface area contributed by atoms with Crippen LogP contribution >= 0.6 is 0 Å². The fourth-order valence-electron chi connectivity index (χ4n) is 3.26. The minimum atomic E-state index is -0.834. The molecule has 1 unspecified atom stereocenters. The number of aliphatic hydroxyl groups excluding tert-OH is 1. The molecule has 0 aromatic heterocycles. The van der Waals surface area contributed by atoms with Crippen molar-refractivity contribution in [3.05, 3.63) is 12.2 Å². The molecule has 1 aliphatic rings. The molecule has 4 atom stereocenters. The summed E-state index contributed by atoms with van der Waals surface area (Å²) < 4.78 is 0. The van der Waals surface area contributed by atoms with Crippen molar-refractivity contribution < 1.29 is 29.9 Å². The first-order valence-electron chi connectivity index (χ1n) is 8.90. The van der Waals surface area contributed by atoms with Gasteiger partial charge in [0.1, 0.15) is 11.9 Å². The maximum atomic E-state index is 12.1. The molecule has 0 heterocycles. The van der Waals surface area contributed by atoms with Gasteiger partial charge in [-0.3, -0.25) is 14.8 Å². The normalized spacial score (nSPS) is 25.5. The predicted molar refractivity (Wildman–Crippen MR) is 89.5 cm³/mol. The highest BCUT2D eigenvalue weighted by molar-refractivity contribution is 5.84. The van der Waals surface area contributed by atoms with E-state index in [1.807, 2.05) is 0 Å². The summed E-state index contributed by atoms with van der Waals surface area (Å²) in [7, 11) is 0. The van der Waals surface area contributed by atoms with E-state index >= 15 is 0 Å². The van der Waals surface area contributed by atoms with Gasteiger partial charge >= 0.3 is 5.97 Å². The van der Waals surface area contributed by atoms with Crippen LogP contribution < -0.4 is 0 Å². The number of rotatable bonds is 12. The van der Waals surface area contributed by atoms with Gasteiger partial charge in [-0.2, -0.15) is 0 Å². The van der Waals surface area contributed by atoms with Crippen molar-refractivity contribution in [3.8, 4) is 0 Å². The lowest BCUT2D eigenvalue weighted by Crippen LogP contribution is -2.19. The Hall–Kier alpha value is -1.24. The lowest BCUT2D eigenvalue weighted by atomic mass is 9.88. The molecule has 1 aliphatic carbocycles. The number of hydrogen-bond donors (Lipinski definition) is 3. The van der Waals surface area contributed by atoms with Crippen LogP contribution in [0.5, 0.6) is 0 Å². The van der Waals surface area contributed by atoms with Crippen LogP contribution in [0.1, 0.15) is 64.7 Å². The lowest BCUT2D eigenvalue weighted by Gasteiger charge is -2.18. The number of unbranched alkanes of at least 4 members (excludes halogenated alkanes) is 3. The van der Waals surface area contributed by atoms with Crippen LogP contribution in [0.25, 0.3) is 0 Å². The summed E-state index contributed by atoms with van der Waals surface area (Å²) in [5.41, 5.74) is 0. The first-order valence-corrected chi connectivity index (χ1v) is 8.90. The number of ketones is 1. The molecule has 3 N–H and O–H groups in total. The number of carboxylic acid groups (broad SMARTS) is 1. The molecular formula is C18H30O6. The summed E-state index contributed by atoms with van der Waals surface area (Å²) in [6.07, 6.45) is 8.15. The number of carbonyl (C=O) groups excluding carboxylic acids is 1. The zero-order chi connectivity index (χ0) is 17.9. The summed E-state index contributed by atoms with van der Waals surface area (Å²) >= 11 is 0. The number of aliphatic hydroxyl groups is 1. The maximum Gasteiger partial charge on any atom is 0.303 e. The lowest BCUT2D eigenvalue weighted by molar-refractivity contribution is -0.267. The van der Waals surface area contributed by atoms with Crippen LogP contribution in [0.3, 0.4) is 0 Å². The Morgan fingerprint density at radius 1 is 1.33 bits per heavy atom. The van der Waals surface area contributed by atoms with E-state index in [0.29, 0.717) is 25.7 Å². The molecule has 0 bridgehead atoms. The van der Waals surface area contributed by atoms with Gasteiger partial charge < -0.3 is 10.2 Å². The third-order valence-corrected chi connectivity index (χ3v) is 4.66. The average Bonchev–Trinajstić information content (AvgIpc) is 2.80. The van der Waals surface area contributed by atoms with Gasteiger partial charge in [-0.1, -0.05) is 44.8 Å². The van der Waals surface area contributed by atoms with E-state index < -0.39 is 18.2 Å². The molecule has 0 amide bonds. The number of aliphatic carboxylic acids is 1. The third-order valence-electron chi connectivity index (χ3n) is 4.66. The second kappa shape index (κ2) is 11.3. The minimum absolute atomic E-state index is 0.0277. The van der Waals surface area contributed by atoms with Crippen LogP contribution in [0.2, 0.25) is 0 Å². The highest BCUT2D eigenvalue weighted by Gasteiger charge is 2.39. The van der Waals surface area contributed by atoms with Gasteiger partial charge in [0, 0.05) is 24.7 Å². The van der Waals surface area contributed by atoms with Crippen molar-refractivity contribution in [2.45, 2.75) is 76.9 Å². The van der Waals surface area contributed by atoms with E-state index in [1.54, 1.807) is 12.2 Å². The molecule has 6 nitrogen and oxygen atoms in total. The van der Waals surface area contributed by atoms with E-state index in [-0.39, 0.29) is 30.5 Å². The Balaban J connectivity index is 2.55. The zero-order valence-corrected chi connectivity index (χ0v) is 14.4. The standard InChI is InChI=1S/C18H30O6/c1-2-3-4-7-13(24-23)10-11-15-14(16(19)12-17(15)20)8-5-6-9-18(21)22/h10-11,13-15,17,20,23H,2-9,12H2,1H3,(H,21,22)/t13?,14-,15-,17-/m1/s1. The Bertz CT molecular complexity index is 420. The minimum Gasteiger partial charge on any atom is -0.481 e. The number of hydrogen-bond acceptors (Lipinski definition) is 5. The molecule has 0 aliphatic heterocycles. The van der Waals surface area contributed by atoms with Crippen molar-refractivity contribution >= 4 is 11.8 Å². The Morgan fingerprint density at radius 3 is 2.71 bits per heavy atom. The van der Waals surface area contributed by atoms with Crippen molar-refractivity contribution in [2.24, 2.45) is 11.8 Å². The quantitative estimate of drug-likeness (QED) is 0.218. The molecular weight excluding hydrogens is 312 g/mol. The molecule has 0 aromatic rings. The number of carboxylic acids is 1. The summed E-state index contributed by atoms with van der Waals surface area (Å²) in [5.74, 6) is -1.37. The van der Waals surface area contributed by atoms with Crippen molar-refractivity contribution in [3.63, 3.8) is 0 Å². The second-order valence-electron chi connectivity index (χ2n) is 6.59. The number of carbonyl (C=O) groups is 2. The van der Waals surface area contributed by atoms with Crippen molar-refractivity contribution in [2.75, 3.05) is 0 Å². The van der Waals surface area contributed by atoms with Gasteiger partial charge in [0.2, 0.25) is 0 Å². The van der Waals surface area contributed by atoms with Crippen molar-refractivity contribution in [1.82, 2.24) is 0 Å². The van der Waals surface area contributed by atoms with Gasteiger partial charge in [0.25, 0.3) is 0 Å². The fourth-order valence-corrected chi connectivity index (χ4v) is 3.26. The summed E-state index contributed by atoms with van der Waals surface area (Å²) in [6.45, 7) is 2.10. The average molecular weight is 342 g/mol. The molecule has 0 radical (unpaired) electrons. The van der Waals surface area contributed by atoms with E-state index in [2.05, 4.69) is 11.8 Å². The molecule has 6 heteroatoms. The molecule has 1 rings (SSSR count). The van der Waals surface area contributed by atoms with Crippen molar-refractivity contribution in [1.29, 1.82) is 0 Å². The molecule has 0 saturated heterocycles. The summed E-state index contributed by atoms with van der Waals surface area (Å²) in [6, 6.07) is 0. The molecule has 1 saturated carbocycles. The molecule has 24 heavy (non-hydrogen) atoms. The molecule has 0 spiro atoms. The van der Waals surface area contributed by atoms with Crippen LogP contribution in [-0.4, -0.2) is 39.4 Å². The zero-order valence-electron chi connectivity index (χ0n) is 14.4. The maximum absolute atomic E-state index is 12.1. The smallest absolute Gasteiger partial charge is 0.303 e. The molecule has 0 aromatic carbocycles. The van der Waals surface area contributed by atoms with E-state index in [0.717, 1.165) is 19.3 Å². The molecule has 138 valence electrons. The van der Waals surface area contributed by atoms with Gasteiger partial charge in [0.05, 0.1) is 6.10 Å². The van der Waals surface area contributed by atoms with E-state index in [9.17, 15) is 14.7 Å². The highest BCUT2D eigenvalue weighted by Crippen LogP contribution is 2.34. The molecule has 1 fully saturated rings. The Labute approximate surface area is 143 Å². The number of Topliss-reactive ketones (excluding diaryl/α,β-unsaturated/α-hetero) is 1. The van der Waals surface area contributed by atoms with Gasteiger partial charge in [-0.05, 0) is 19.3 Å². The first kappa shape index (κ1) is 20.8. The first-order chi connectivity index (χ1) is 11.5. The second-order valence-corrected chi connectivity index (χ2v) is 6.59. The third kappa shape index (κ3) is 7.11. The monoisotopic (exact) mass is 342 g/mol. The predicted octanol–water partition coefficient (Wildman–Crippen LogP) is 3.19. The highest BCUT2D eigenvalue weighted by atomic mass is 17.1. The van der Waals surface area contributed by atoms with Crippen LogP contribution in [-0.2, 0) is 14.5 Å². The van der Waals surface area contributed by atoms with Crippen LogP contribution in [0.15, 0.2) is 12.2 Å². The summed E-state index contributed by atoms with van der Waals surface area (Å²) in [5, 5.41) is 27.7. The SMILES string of the molecule is CCCCCC(C=C[C@H]1[C@H](O)CC(=O)[C@@H]1CCCCC(=O)O)OO. The largest absolute Gasteiger partial charge is 0.481 e. The van der Waals surface area contributed by atoms with E-state index in [4.69, 9.17) is 10.4 Å². The van der Waals surface area contributed by atoms with Gasteiger partial charge in [-0.25, -0.2) is 4.89 Å². The summed E-state index contributed by atoms with van der Waals surface area (Å²) in [4.78, 5) is 27.1. The van der Waals surface area contributed by atoms with E-state index in [1.165, 1.54) is 0 Å². The Morgan fingerprint density at radius 2 is 2.08 bits per heavy atom.